The smallest absolute Gasteiger partial charge is 0.217 e. The van der Waals surface area contributed by atoms with Crippen LogP contribution in [0.2, 0.25) is 0 Å². The number of fused-ring (bicyclic) bond motifs is 1. The Morgan fingerprint density at radius 2 is 1.79 bits per heavy atom. The third kappa shape index (κ3) is 4.66. The van der Waals surface area contributed by atoms with Gasteiger partial charge in [-0.25, -0.2) is 0 Å². The van der Waals surface area contributed by atoms with E-state index in [1.54, 1.807) is 0 Å². The van der Waals surface area contributed by atoms with Crippen molar-refractivity contribution in [1.82, 2.24) is 5.32 Å². The fraction of sp³-hybridized carbons (Fsp3) is 0.409. The van der Waals surface area contributed by atoms with Crippen molar-refractivity contribution in [3.63, 3.8) is 0 Å². The van der Waals surface area contributed by atoms with Gasteiger partial charge in [0.05, 0.1) is 13.2 Å². The Labute approximate surface area is 169 Å². The van der Waals surface area contributed by atoms with E-state index < -0.39 is 36.9 Å². The second-order valence-corrected chi connectivity index (χ2v) is 7.23. The molecular weight excluding hydrogens is 374 g/mol. The number of aliphatic hydroxyl groups is 1. The van der Waals surface area contributed by atoms with Gasteiger partial charge in [-0.15, -0.1) is 0 Å². The summed E-state index contributed by atoms with van der Waals surface area (Å²) in [5.74, 6) is -0.281. The number of amides is 1. The first-order chi connectivity index (χ1) is 14.1. The van der Waals surface area contributed by atoms with Gasteiger partial charge in [-0.05, 0) is 5.56 Å². The van der Waals surface area contributed by atoms with Gasteiger partial charge in [0.2, 0.25) is 5.91 Å². The first-order valence-electron chi connectivity index (χ1n) is 9.70. The molecular formula is C22H25NO6. The third-order valence-electron chi connectivity index (χ3n) is 5.06. The number of aliphatic hydroxyl groups excluding tert-OH is 1. The molecule has 2 saturated heterocycles. The fourth-order valence-corrected chi connectivity index (χ4v) is 3.65. The van der Waals surface area contributed by atoms with Crippen LogP contribution in [-0.2, 0) is 30.3 Å². The average Bonchev–Trinajstić information content (AvgIpc) is 2.75. The SMILES string of the molecule is CC(=O)N[C@H]1C(OCc2ccccc2)O[C@@H]2COC(c3ccccc3)O[C@H]2[C@@H]1O. The molecule has 2 fully saturated rings. The van der Waals surface area contributed by atoms with E-state index in [2.05, 4.69) is 5.32 Å². The molecule has 2 heterocycles. The Balaban J connectivity index is 1.48. The minimum absolute atomic E-state index is 0.249. The number of benzene rings is 2. The Kier molecular flexibility index (Phi) is 6.22. The van der Waals surface area contributed by atoms with Gasteiger partial charge < -0.3 is 29.4 Å². The molecule has 2 aromatic carbocycles. The van der Waals surface area contributed by atoms with Crippen molar-refractivity contribution in [2.45, 2.75) is 50.5 Å². The first-order valence-corrected chi connectivity index (χ1v) is 9.70. The van der Waals surface area contributed by atoms with E-state index in [4.69, 9.17) is 18.9 Å². The highest BCUT2D eigenvalue weighted by molar-refractivity contribution is 5.73. The Bertz CT molecular complexity index is 801. The first kappa shape index (κ1) is 20.0. The summed E-state index contributed by atoms with van der Waals surface area (Å²) in [7, 11) is 0. The number of nitrogens with one attached hydrogen (secondary N) is 1. The zero-order valence-electron chi connectivity index (χ0n) is 16.1. The summed E-state index contributed by atoms with van der Waals surface area (Å²) >= 11 is 0. The van der Waals surface area contributed by atoms with Crippen molar-refractivity contribution >= 4 is 5.91 Å². The second kappa shape index (κ2) is 9.02. The van der Waals surface area contributed by atoms with Crippen LogP contribution in [0.3, 0.4) is 0 Å². The molecule has 2 unspecified atom stereocenters. The maximum atomic E-state index is 11.7. The molecule has 0 saturated carbocycles. The van der Waals surface area contributed by atoms with Crippen LogP contribution in [0.15, 0.2) is 60.7 Å². The lowest BCUT2D eigenvalue weighted by Crippen LogP contribution is -2.66. The highest BCUT2D eigenvalue weighted by Gasteiger charge is 2.50. The molecule has 2 aliphatic heterocycles. The van der Waals surface area contributed by atoms with Gasteiger partial charge in [0.15, 0.2) is 12.6 Å². The zero-order valence-corrected chi connectivity index (χ0v) is 16.1. The number of carbonyl (C=O) groups is 1. The Hall–Kier alpha value is -2.29. The summed E-state index contributed by atoms with van der Waals surface area (Å²) < 4.78 is 23.8. The maximum absolute atomic E-state index is 11.7. The standard InChI is InChI=1S/C22H25NO6/c1-14(24)23-18-19(25)20-17(13-27-21(29-20)16-10-6-3-7-11-16)28-22(18)26-12-15-8-4-2-5-9-15/h2-11,17-22,25H,12-13H2,1H3,(H,23,24)/t17-,18-,19-,20-,21?,22?/m1/s1. The number of hydrogen-bond acceptors (Lipinski definition) is 6. The van der Waals surface area contributed by atoms with Crippen molar-refractivity contribution in [3.05, 3.63) is 71.8 Å². The van der Waals surface area contributed by atoms with Crippen LogP contribution in [0.5, 0.6) is 0 Å². The highest BCUT2D eigenvalue weighted by Crippen LogP contribution is 2.34. The van der Waals surface area contributed by atoms with Crippen molar-refractivity contribution in [2.75, 3.05) is 6.61 Å². The molecule has 7 nitrogen and oxygen atoms in total. The molecule has 2 aromatic rings. The molecule has 0 bridgehead atoms. The van der Waals surface area contributed by atoms with Crippen LogP contribution in [0.1, 0.15) is 24.3 Å². The predicted octanol–water partition coefficient (Wildman–Crippen LogP) is 1.91. The molecule has 0 spiro atoms. The van der Waals surface area contributed by atoms with Crippen LogP contribution in [0.25, 0.3) is 0 Å². The number of carbonyl (C=O) groups excluding carboxylic acids is 1. The van der Waals surface area contributed by atoms with E-state index >= 15 is 0 Å². The molecule has 6 atom stereocenters. The molecule has 29 heavy (non-hydrogen) atoms. The van der Waals surface area contributed by atoms with E-state index in [-0.39, 0.29) is 12.5 Å². The lowest BCUT2D eigenvalue weighted by Gasteiger charge is -2.47. The van der Waals surface area contributed by atoms with Crippen molar-refractivity contribution in [3.8, 4) is 0 Å². The molecule has 0 radical (unpaired) electrons. The van der Waals surface area contributed by atoms with Gasteiger partial charge in [-0.3, -0.25) is 4.79 Å². The van der Waals surface area contributed by atoms with E-state index in [1.165, 1.54) is 6.92 Å². The van der Waals surface area contributed by atoms with Gasteiger partial charge in [0.1, 0.15) is 24.4 Å². The lowest BCUT2D eigenvalue weighted by molar-refractivity contribution is -0.345. The van der Waals surface area contributed by atoms with Crippen molar-refractivity contribution in [2.24, 2.45) is 0 Å². The topological polar surface area (TPSA) is 86.3 Å². The molecule has 0 aliphatic carbocycles. The van der Waals surface area contributed by atoms with Gasteiger partial charge in [0.25, 0.3) is 0 Å². The molecule has 2 aliphatic rings. The normalized spacial score (nSPS) is 31.7. The number of rotatable bonds is 5. The summed E-state index contributed by atoms with van der Waals surface area (Å²) in [5.41, 5.74) is 1.83. The zero-order chi connectivity index (χ0) is 20.2. The third-order valence-corrected chi connectivity index (χ3v) is 5.06. The Morgan fingerprint density at radius 1 is 1.10 bits per heavy atom. The van der Waals surface area contributed by atoms with Crippen molar-refractivity contribution < 1.29 is 28.8 Å². The molecule has 2 N–H and O–H groups in total. The predicted molar refractivity (Wildman–Crippen MR) is 104 cm³/mol. The van der Waals surface area contributed by atoms with Gasteiger partial charge in [0, 0.05) is 12.5 Å². The molecule has 0 aromatic heterocycles. The van der Waals surface area contributed by atoms with E-state index in [0.717, 1.165) is 11.1 Å². The summed E-state index contributed by atoms with van der Waals surface area (Å²) in [6.45, 7) is 1.93. The quantitative estimate of drug-likeness (QED) is 0.799. The summed E-state index contributed by atoms with van der Waals surface area (Å²) in [6.07, 6.45) is -3.59. The lowest BCUT2D eigenvalue weighted by atomic mass is 9.95. The summed E-state index contributed by atoms with van der Waals surface area (Å²) in [4.78, 5) is 11.7. The van der Waals surface area contributed by atoms with Crippen LogP contribution >= 0.6 is 0 Å². The van der Waals surface area contributed by atoms with E-state index in [9.17, 15) is 9.90 Å². The minimum Gasteiger partial charge on any atom is -0.388 e. The number of ether oxygens (including phenoxy) is 4. The largest absolute Gasteiger partial charge is 0.388 e. The molecule has 154 valence electrons. The van der Waals surface area contributed by atoms with Crippen molar-refractivity contribution in [1.29, 1.82) is 0 Å². The van der Waals surface area contributed by atoms with Crippen LogP contribution in [-0.4, -0.2) is 48.3 Å². The minimum atomic E-state index is -1.01. The summed E-state index contributed by atoms with van der Waals surface area (Å²) in [6, 6.07) is 18.4. The summed E-state index contributed by atoms with van der Waals surface area (Å²) in [5, 5.41) is 13.7. The van der Waals surface area contributed by atoms with Crippen LogP contribution < -0.4 is 5.32 Å². The maximum Gasteiger partial charge on any atom is 0.217 e. The van der Waals surface area contributed by atoms with E-state index in [0.29, 0.717) is 6.61 Å². The monoisotopic (exact) mass is 399 g/mol. The molecule has 7 heteroatoms. The molecule has 1 amide bonds. The number of hydrogen-bond donors (Lipinski definition) is 2. The van der Waals surface area contributed by atoms with E-state index in [1.807, 2.05) is 60.7 Å². The Morgan fingerprint density at radius 3 is 2.48 bits per heavy atom. The average molecular weight is 399 g/mol. The highest BCUT2D eigenvalue weighted by atomic mass is 16.7. The fourth-order valence-electron chi connectivity index (χ4n) is 3.65. The van der Waals surface area contributed by atoms with Crippen LogP contribution in [0, 0.1) is 0 Å². The van der Waals surface area contributed by atoms with Crippen LogP contribution in [0.4, 0.5) is 0 Å². The van der Waals surface area contributed by atoms with Gasteiger partial charge in [-0.2, -0.15) is 0 Å². The van der Waals surface area contributed by atoms with Gasteiger partial charge >= 0.3 is 0 Å². The second-order valence-electron chi connectivity index (χ2n) is 7.23. The molecule has 4 rings (SSSR count). The van der Waals surface area contributed by atoms with Gasteiger partial charge in [-0.1, -0.05) is 60.7 Å².